The Hall–Kier alpha value is -2.66. The first kappa shape index (κ1) is 18.1. The van der Waals surface area contributed by atoms with Crippen LogP contribution in [-0.4, -0.2) is 30.4 Å². The first-order valence-electron chi connectivity index (χ1n) is 8.99. The number of amides is 2. The van der Waals surface area contributed by atoms with E-state index in [-0.39, 0.29) is 17.7 Å². The Labute approximate surface area is 154 Å². The van der Waals surface area contributed by atoms with Crippen LogP contribution in [0.15, 0.2) is 60.7 Å². The van der Waals surface area contributed by atoms with Crippen LogP contribution < -0.4 is 16.4 Å². The van der Waals surface area contributed by atoms with Gasteiger partial charge >= 0.3 is 0 Å². The molecule has 1 aliphatic rings. The smallest absolute Gasteiger partial charge is 0.237 e. The van der Waals surface area contributed by atoms with Crippen LogP contribution in [0.2, 0.25) is 0 Å². The van der Waals surface area contributed by atoms with E-state index in [1.165, 1.54) is 5.56 Å². The van der Waals surface area contributed by atoms with Crippen molar-refractivity contribution in [2.24, 2.45) is 5.73 Å². The van der Waals surface area contributed by atoms with Gasteiger partial charge in [0.1, 0.15) is 0 Å². The lowest BCUT2D eigenvalue weighted by atomic mass is 9.82. The summed E-state index contributed by atoms with van der Waals surface area (Å²) in [5, 5.41) is 6.18. The Kier molecular flexibility index (Phi) is 5.68. The maximum absolute atomic E-state index is 12.8. The van der Waals surface area contributed by atoms with Crippen LogP contribution in [0.1, 0.15) is 36.3 Å². The van der Waals surface area contributed by atoms with Crippen molar-refractivity contribution < 1.29 is 9.59 Å². The molecule has 1 fully saturated rings. The third-order valence-corrected chi connectivity index (χ3v) is 5.10. The largest absolute Gasteiger partial charge is 0.368 e. The lowest BCUT2D eigenvalue weighted by molar-refractivity contribution is -0.124. The lowest BCUT2D eigenvalue weighted by Gasteiger charge is -2.28. The zero-order chi connectivity index (χ0) is 18.5. The summed E-state index contributed by atoms with van der Waals surface area (Å²) in [4.78, 5) is 24.3. The summed E-state index contributed by atoms with van der Waals surface area (Å²) in [6, 6.07) is 19.1. The highest BCUT2D eigenvalue weighted by Gasteiger charge is 2.36. The predicted octanol–water partition coefficient (Wildman–Crippen LogP) is 1.91. The highest BCUT2D eigenvalue weighted by atomic mass is 16.2. The van der Waals surface area contributed by atoms with Crippen molar-refractivity contribution in [3.8, 4) is 0 Å². The molecule has 0 saturated carbocycles. The van der Waals surface area contributed by atoms with Gasteiger partial charge in [-0.2, -0.15) is 0 Å². The van der Waals surface area contributed by atoms with Crippen LogP contribution in [-0.2, 0) is 9.59 Å². The second kappa shape index (κ2) is 8.15. The number of rotatable bonds is 5. The number of hydrogen-bond donors (Lipinski definition) is 3. The molecule has 26 heavy (non-hydrogen) atoms. The molecule has 5 nitrogen and oxygen atoms in total. The van der Waals surface area contributed by atoms with Gasteiger partial charge in [0.15, 0.2) is 0 Å². The van der Waals surface area contributed by atoms with E-state index in [0.29, 0.717) is 6.54 Å². The van der Waals surface area contributed by atoms with Gasteiger partial charge in [-0.05, 0) is 24.5 Å². The summed E-state index contributed by atoms with van der Waals surface area (Å²) < 4.78 is 0. The van der Waals surface area contributed by atoms with Gasteiger partial charge in [0.2, 0.25) is 11.8 Å². The van der Waals surface area contributed by atoms with Crippen molar-refractivity contribution in [1.29, 1.82) is 0 Å². The monoisotopic (exact) mass is 351 g/mol. The number of nitrogens with two attached hydrogens (primary N) is 1. The summed E-state index contributed by atoms with van der Waals surface area (Å²) in [6.07, 6.45) is 0.802. The van der Waals surface area contributed by atoms with Crippen LogP contribution in [0, 0.1) is 0 Å². The maximum atomic E-state index is 12.8. The first-order chi connectivity index (χ1) is 12.6. The summed E-state index contributed by atoms with van der Waals surface area (Å²) >= 11 is 0. The molecule has 136 valence electrons. The van der Waals surface area contributed by atoms with Crippen molar-refractivity contribution in [3.05, 3.63) is 71.8 Å². The molecule has 1 aliphatic heterocycles. The van der Waals surface area contributed by atoms with Crippen LogP contribution in [0.3, 0.4) is 0 Å². The standard InChI is InChI=1S/C21H25N3O2/c1-14(20(22)25)24-19-18(16-10-6-3-7-11-16)12-17(13-23-21(19)26)15-8-4-2-5-9-15/h2-11,14,17-19,24H,12-13H2,1H3,(H2,22,25)(H,23,26)/t14-,17+,18-,19-/m0/s1. The van der Waals surface area contributed by atoms with Gasteiger partial charge in [-0.15, -0.1) is 0 Å². The fourth-order valence-electron chi connectivity index (χ4n) is 3.59. The maximum Gasteiger partial charge on any atom is 0.237 e. The van der Waals surface area contributed by atoms with Crippen molar-refractivity contribution in [1.82, 2.24) is 10.6 Å². The number of carbonyl (C=O) groups is 2. The van der Waals surface area contributed by atoms with Gasteiger partial charge in [-0.3, -0.25) is 14.9 Å². The van der Waals surface area contributed by atoms with Gasteiger partial charge in [0, 0.05) is 18.4 Å². The molecule has 0 aliphatic carbocycles. The summed E-state index contributed by atoms with van der Waals surface area (Å²) in [5.41, 5.74) is 7.70. The molecule has 0 aromatic heterocycles. The third kappa shape index (κ3) is 4.11. The highest BCUT2D eigenvalue weighted by Crippen LogP contribution is 2.34. The zero-order valence-corrected chi connectivity index (χ0v) is 14.9. The molecule has 4 N–H and O–H groups in total. The topological polar surface area (TPSA) is 84.2 Å². The SMILES string of the molecule is C[C@H](N[C@@H]1C(=O)NC[C@H](c2ccccc2)C[C@H]1c1ccccc1)C(N)=O. The normalized spacial score (nSPS) is 24.3. The second-order valence-corrected chi connectivity index (χ2v) is 6.87. The molecule has 2 aromatic carbocycles. The Balaban J connectivity index is 1.94. The molecule has 0 spiro atoms. The highest BCUT2D eigenvalue weighted by molar-refractivity contribution is 5.85. The van der Waals surface area contributed by atoms with Crippen LogP contribution in [0.5, 0.6) is 0 Å². The molecular formula is C21H25N3O2. The summed E-state index contributed by atoms with van der Waals surface area (Å²) in [7, 11) is 0. The van der Waals surface area contributed by atoms with E-state index in [2.05, 4.69) is 22.8 Å². The van der Waals surface area contributed by atoms with E-state index in [4.69, 9.17) is 5.73 Å². The Morgan fingerprint density at radius 2 is 1.65 bits per heavy atom. The third-order valence-electron chi connectivity index (χ3n) is 5.10. The van der Waals surface area contributed by atoms with Crippen LogP contribution >= 0.6 is 0 Å². The van der Waals surface area contributed by atoms with Crippen molar-refractivity contribution in [2.75, 3.05) is 6.54 Å². The lowest BCUT2D eigenvalue weighted by Crippen LogP contribution is -2.53. The fraction of sp³-hybridized carbons (Fsp3) is 0.333. The van der Waals surface area contributed by atoms with E-state index in [1.54, 1.807) is 6.92 Å². The second-order valence-electron chi connectivity index (χ2n) is 6.87. The average Bonchev–Trinajstić information content (AvgIpc) is 2.83. The van der Waals surface area contributed by atoms with Crippen molar-refractivity contribution in [2.45, 2.75) is 37.3 Å². The molecule has 1 heterocycles. The molecule has 0 radical (unpaired) electrons. The van der Waals surface area contributed by atoms with E-state index in [9.17, 15) is 9.59 Å². The van der Waals surface area contributed by atoms with Crippen molar-refractivity contribution in [3.63, 3.8) is 0 Å². The average molecular weight is 351 g/mol. The minimum atomic E-state index is -0.578. The first-order valence-corrected chi connectivity index (χ1v) is 8.99. The van der Waals surface area contributed by atoms with Gasteiger partial charge in [0.25, 0.3) is 0 Å². The van der Waals surface area contributed by atoms with Gasteiger partial charge < -0.3 is 11.1 Å². The Bertz CT molecular complexity index is 748. The van der Waals surface area contributed by atoms with Gasteiger partial charge in [0.05, 0.1) is 12.1 Å². The molecule has 4 atom stereocenters. The number of hydrogen-bond acceptors (Lipinski definition) is 3. The zero-order valence-electron chi connectivity index (χ0n) is 14.9. The molecule has 0 bridgehead atoms. The minimum absolute atomic E-state index is 0.0503. The molecular weight excluding hydrogens is 326 g/mol. The van der Waals surface area contributed by atoms with E-state index < -0.39 is 18.0 Å². The summed E-state index contributed by atoms with van der Waals surface area (Å²) in [5.74, 6) is -0.398. The van der Waals surface area contributed by atoms with Crippen LogP contribution in [0.4, 0.5) is 0 Å². The number of nitrogens with one attached hydrogen (secondary N) is 2. The molecule has 5 heteroatoms. The Morgan fingerprint density at radius 1 is 1.08 bits per heavy atom. The molecule has 2 aromatic rings. The van der Waals surface area contributed by atoms with E-state index in [1.807, 2.05) is 48.5 Å². The fourth-order valence-corrected chi connectivity index (χ4v) is 3.59. The van der Waals surface area contributed by atoms with E-state index >= 15 is 0 Å². The quantitative estimate of drug-likeness (QED) is 0.769. The molecule has 2 amide bonds. The van der Waals surface area contributed by atoms with Gasteiger partial charge in [-0.1, -0.05) is 60.7 Å². The summed E-state index contributed by atoms with van der Waals surface area (Å²) in [6.45, 7) is 2.27. The Morgan fingerprint density at radius 3 is 2.23 bits per heavy atom. The molecule has 3 rings (SSSR count). The minimum Gasteiger partial charge on any atom is -0.368 e. The van der Waals surface area contributed by atoms with Gasteiger partial charge in [-0.25, -0.2) is 0 Å². The van der Waals surface area contributed by atoms with E-state index in [0.717, 1.165) is 12.0 Å². The molecule has 1 saturated heterocycles. The number of primary amides is 1. The molecule has 0 unspecified atom stereocenters. The number of benzene rings is 2. The predicted molar refractivity (Wildman–Crippen MR) is 102 cm³/mol. The van der Waals surface area contributed by atoms with Crippen molar-refractivity contribution >= 4 is 11.8 Å². The van der Waals surface area contributed by atoms with Crippen LogP contribution in [0.25, 0.3) is 0 Å². The number of carbonyl (C=O) groups excluding carboxylic acids is 2.